The standard InChI is InChI=1S/C11H21N3S/c1-3-11(12)10-8-13-14(9-10)6-5-7-15-4-2/h8-9,11H,3-7,12H2,1-2H3. The first-order valence-electron chi connectivity index (χ1n) is 5.63. The number of hydrogen-bond donors (Lipinski definition) is 1. The van der Waals surface area contributed by atoms with Crippen LogP contribution in [-0.4, -0.2) is 21.3 Å². The topological polar surface area (TPSA) is 43.8 Å². The van der Waals surface area contributed by atoms with Gasteiger partial charge in [-0.2, -0.15) is 16.9 Å². The zero-order valence-electron chi connectivity index (χ0n) is 9.65. The Labute approximate surface area is 96.4 Å². The van der Waals surface area contributed by atoms with Crippen molar-refractivity contribution >= 4 is 11.8 Å². The molecule has 3 nitrogen and oxygen atoms in total. The number of aryl methyl sites for hydroxylation is 1. The summed E-state index contributed by atoms with van der Waals surface area (Å²) in [5, 5.41) is 4.31. The van der Waals surface area contributed by atoms with Gasteiger partial charge in [-0.15, -0.1) is 0 Å². The molecule has 15 heavy (non-hydrogen) atoms. The van der Waals surface area contributed by atoms with E-state index >= 15 is 0 Å². The van der Waals surface area contributed by atoms with Crippen molar-refractivity contribution in [2.75, 3.05) is 11.5 Å². The molecule has 0 amide bonds. The number of hydrogen-bond acceptors (Lipinski definition) is 3. The van der Waals surface area contributed by atoms with Gasteiger partial charge in [-0.25, -0.2) is 0 Å². The van der Waals surface area contributed by atoms with E-state index in [0.29, 0.717) is 0 Å². The third-order valence-electron chi connectivity index (χ3n) is 2.40. The van der Waals surface area contributed by atoms with Crippen LogP contribution < -0.4 is 5.73 Å². The van der Waals surface area contributed by atoms with Crippen LogP contribution in [0, 0.1) is 0 Å². The van der Waals surface area contributed by atoms with Gasteiger partial charge in [0.05, 0.1) is 6.20 Å². The molecule has 1 aromatic rings. The summed E-state index contributed by atoms with van der Waals surface area (Å²) in [5.74, 6) is 2.41. The number of rotatable bonds is 7. The third-order valence-corrected chi connectivity index (χ3v) is 3.39. The minimum atomic E-state index is 0.142. The van der Waals surface area contributed by atoms with Crippen LogP contribution in [0.25, 0.3) is 0 Å². The van der Waals surface area contributed by atoms with Crippen LogP contribution in [0.5, 0.6) is 0 Å². The van der Waals surface area contributed by atoms with Crippen LogP contribution in [-0.2, 0) is 6.54 Å². The molecule has 0 saturated heterocycles. The van der Waals surface area contributed by atoms with Gasteiger partial charge in [0.15, 0.2) is 0 Å². The highest BCUT2D eigenvalue weighted by Crippen LogP contribution is 2.12. The first kappa shape index (κ1) is 12.6. The molecule has 0 radical (unpaired) electrons. The van der Waals surface area contributed by atoms with E-state index in [9.17, 15) is 0 Å². The van der Waals surface area contributed by atoms with Crippen LogP contribution in [0.3, 0.4) is 0 Å². The van der Waals surface area contributed by atoms with Gasteiger partial charge >= 0.3 is 0 Å². The molecule has 0 aromatic carbocycles. The SMILES string of the molecule is CCSCCCn1cc(C(N)CC)cn1. The van der Waals surface area contributed by atoms with E-state index in [4.69, 9.17) is 5.73 Å². The van der Waals surface area contributed by atoms with Crippen molar-refractivity contribution < 1.29 is 0 Å². The van der Waals surface area contributed by atoms with Crippen molar-refractivity contribution in [1.29, 1.82) is 0 Å². The van der Waals surface area contributed by atoms with Crippen LogP contribution in [0.1, 0.15) is 38.3 Å². The number of thioether (sulfide) groups is 1. The molecule has 0 fully saturated rings. The molecular formula is C11H21N3S. The fourth-order valence-corrected chi connectivity index (χ4v) is 2.02. The lowest BCUT2D eigenvalue weighted by Crippen LogP contribution is -2.07. The molecule has 1 heterocycles. The fourth-order valence-electron chi connectivity index (χ4n) is 1.40. The Morgan fingerprint density at radius 1 is 1.53 bits per heavy atom. The van der Waals surface area contributed by atoms with E-state index in [-0.39, 0.29) is 6.04 Å². The van der Waals surface area contributed by atoms with Crippen molar-refractivity contribution in [3.63, 3.8) is 0 Å². The molecule has 0 bridgehead atoms. The van der Waals surface area contributed by atoms with Gasteiger partial charge in [-0.05, 0) is 24.3 Å². The van der Waals surface area contributed by atoms with Gasteiger partial charge in [0.1, 0.15) is 0 Å². The molecule has 0 aliphatic carbocycles. The molecule has 0 aliphatic rings. The molecule has 1 unspecified atom stereocenters. The third kappa shape index (κ3) is 4.26. The Bertz CT molecular complexity index is 273. The summed E-state index contributed by atoms with van der Waals surface area (Å²) in [7, 11) is 0. The normalized spacial score (nSPS) is 13.0. The second-order valence-corrected chi connectivity index (χ2v) is 5.00. The highest BCUT2D eigenvalue weighted by molar-refractivity contribution is 7.99. The van der Waals surface area contributed by atoms with Crippen LogP contribution >= 0.6 is 11.8 Å². The Hall–Kier alpha value is -0.480. The Balaban J connectivity index is 2.33. The van der Waals surface area contributed by atoms with E-state index in [1.54, 1.807) is 0 Å². The highest BCUT2D eigenvalue weighted by Gasteiger charge is 2.05. The first-order valence-corrected chi connectivity index (χ1v) is 6.79. The predicted molar refractivity (Wildman–Crippen MR) is 67.1 cm³/mol. The lowest BCUT2D eigenvalue weighted by atomic mass is 10.1. The number of nitrogens with zero attached hydrogens (tertiary/aromatic N) is 2. The molecule has 0 aliphatic heterocycles. The monoisotopic (exact) mass is 227 g/mol. The smallest absolute Gasteiger partial charge is 0.0537 e. The molecule has 0 spiro atoms. The summed E-state index contributed by atoms with van der Waals surface area (Å²) in [6.07, 6.45) is 6.12. The molecule has 1 atom stereocenters. The summed E-state index contributed by atoms with van der Waals surface area (Å²) in [6.45, 7) is 5.29. The molecule has 1 rings (SSSR count). The second kappa shape index (κ2) is 6.90. The maximum absolute atomic E-state index is 5.93. The zero-order chi connectivity index (χ0) is 11.1. The average Bonchev–Trinajstić information content (AvgIpc) is 2.72. The predicted octanol–water partition coefficient (Wildman–Crippen LogP) is 2.44. The van der Waals surface area contributed by atoms with Crippen LogP contribution in [0.4, 0.5) is 0 Å². The lowest BCUT2D eigenvalue weighted by molar-refractivity contribution is 0.604. The van der Waals surface area contributed by atoms with Crippen molar-refractivity contribution in [1.82, 2.24) is 9.78 Å². The average molecular weight is 227 g/mol. The summed E-state index contributed by atoms with van der Waals surface area (Å²) < 4.78 is 2.00. The minimum Gasteiger partial charge on any atom is -0.324 e. The quantitative estimate of drug-likeness (QED) is 0.728. The summed E-state index contributed by atoms with van der Waals surface area (Å²) in [6, 6.07) is 0.142. The van der Waals surface area contributed by atoms with E-state index in [1.807, 2.05) is 22.6 Å². The van der Waals surface area contributed by atoms with Crippen molar-refractivity contribution in [3.05, 3.63) is 18.0 Å². The van der Waals surface area contributed by atoms with Gasteiger partial charge in [0, 0.05) is 24.3 Å². The maximum Gasteiger partial charge on any atom is 0.0537 e. The summed E-state index contributed by atoms with van der Waals surface area (Å²) in [5.41, 5.74) is 7.08. The Morgan fingerprint density at radius 3 is 3.00 bits per heavy atom. The Morgan fingerprint density at radius 2 is 2.33 bits per heavy atom. The molecule has 86 valence electrons. The van der Waals surface area contributed by atoms with Crippen molar-refractivity contribution in [2.24, 2.45) is 5.73 Å². The number of aromatic nitrogens is 2. The van der Waals surface area contributed by atoms with E-state index in [1.165, 1.54) is 17.9 Å². The molecular weight excluding hydrogens is 206 g/mol. The highest BCUT2D eigenvalue weighted by atomic mass is 32.2. The van der Waals surface area contributed by atoms with E-state index in [2.05, 4.69) is 25.1 Å². The van der Waals surface area contributed by atoms with Crippen molar-refractivity contribution in [3.8, 4) is 0 Å². The van der Waals surface area contributed by atoms with E-state index < -0.39 is 0 Å². The lowest BCUT2D eigenvalue weighted by Gasteiger charge is -2.04. The van der Waals surface area contributed by atoms with Gasteiger partial charge < -0.3 is 5.73 Å². The summed E-state index contributed by atoms with van der Waals surface area (Å²) in [4.78, 5) is 0. The van der Waals surface area contributed by atoms with Crippen LogP contribution in [0.15, 0.2) is 12.4 Å². The molecule has 4 heteroatoms. The summed E-state index contributed by atoms with van der Waals surface area (Å²) >= 11 is 1.98. The minimum absolute atomic E-state index is 0.142. The van der Waals surface area contributed by atoms with Gasteiger partial charge in [0.2, 0.25) is 0 Å². The van der Waals surface area contributed by atoms with Gasteiger partial charge in [-0.1, -0.05) is 13.8 Å². The van der Waals surface area contributed by atoms with Crippen LogP contribution in [0.2, 0.25) is 0 Å². The first-order chi connectivity index (χ1) is 7.27. The largest absolute Gasteiger partial charge is 0.324 e. The molecule has 0 saturated carbocycles. The number of nitrogens with two attached hydrogens (primary N) is 1. The molecule has 2 N–H and O–H groups in total. The van der Waals surface area contributed by atoms with Gasteiger partial charge in [0.25, 0.3) is 0 Å². The van der Waals surface area contributed by atoms with E-state index in [0.717, 1.165) is 18.5 Å². The Kier molecular flexibility index (Phi) is 5.79. The van der Waals surface area contributed by atoms with Crippen molar-refractivity contribution in [2.45, 2.75) is 39.3 Å². The second-order valence-electron chi connectivity index (χ2n) is 3.60. The zero-order valence-corrected chi connectivity index (χ0v) is 10.5. The van der Waals surface area contributed by atoms with Gasteiger partial charge in [-0.3, -0.25) is 4.68 Å². The maximum atomic E-state index is 5.93. The fraction of sp³-hybridized carbons (Fsp3) is 0.727. The molecule has 1 aromatic heterocycles.